The molecule has 0 saturated carbocycles. The Morgan fingerprint density at radius 1 is 1.73 bits per heavy atom. The fourth-order valence-electron chi connectivity index (χ4n) is 1.33. The number of carboxylic acids is 1. The number of carbonyl (C=O) groups is 2. The Labute approximate surface area is 64.6 Å². The van der Waals surface area contributed by atoms with E-state index in [2.05, 4.69) is 5.32 Å². The van der Waals surface area contributed by atoms with Crippen molar-refractivity contribution in [2.75, 3.05) is 0 Å². The molecular weight excluding hydrogens is 146 g/mol. The van der Waals surface area contributed by atoms with E-state index in [-0.39, 0.29) is 24.3 Å². The van der Waals surface area contributed by atoms with Crippen molar-refractivity contribution in [3.63, 3.8) is 0 Å². The van der Waals surface area contributed by atoms with Crippen LogP contribution in [0.4, 0.5) is 0 Å². The molecule has 1 fully saturated rings. The number of nitrogens with one attached hydrogen (secondary N) is 1. The summed E-state index contributed by atoms with van der Waals surface area (Å²) in [6.45, 7) is 1.89. The maximum absolute atomic E-state index is 10.7. The summed E-state index contributed by atoms with van der Waals surface area (Å²) in [4.78, 5) is 21.0. The average molecular weight is 157 g/mol. The first kappa shape index (κ1) is 8.04. The van der Waals surface area contributed by atoms with E-state index in [1.165, 1.54) is 0 Å². The minimum Gasteiger partial charge on any atom is -0.481 e. The van der Waals surface area contributed by atoms with Crippen molar-refractivity contribution in [1.82, 2.24) is 5.32 Å². The van der Waals surface area contributed by atoms with E-state index >= 15 is 0 Å². The van der Waals surface area contributed by atoms with Gasteiger partial charge in [0.25, 0.3) is 0 Å². The van der Waals surface area contributed by atoms with Crippen LogP contribution in [-0.4, -0.2) is 23.0 Å². The number of hydrogen-bond acceptors (Lipinski definition) is 2. The van der Waals surface area contributed by atoms with E-state index in [0.29, 0.717) is 0 Å². The van der Waals surface area contributed by atoms with E-state index in [1.807, 2.05) is 6.92 Å². The molecule has 1 heterocycles. The van der Waals surface area contributed by atoms with Crippen LogP contribution in [0, 0.1) is 5.92 Å². The Hall–Kier alpha value is -1.06. The maximum atomic E-state index is 10.7. The van der Waals surface area contributed by atoms with E-state index < -0.39 is 5.97 Å². The highest BCUT2D eigenvalue weighted by molar-refractivity contribution is 5.87. The number of aliphatic carboxylic acids is 1. The molecular formula is C7H11NO3. The number of hydrogen-bond donors (Lipinski definition) is 2. The summed E-state index contributed by atoms with van der Waals surface area (Å²) >= 11 is 0. The second-order valence-electron chi connectivity index (χ2n) is 2.73. The molecule has 0 spiro atoms. The van der Waals surface area contributed by atoms with Gasteiger partial charge in [-0.1, -0.05) is 6.92 Å². The summed E-state index contributed by atoms with van der Waals surface area (Å²) in [7, 11) is 0. The van der Waals surface area contributed by atoms with Gasteiger partial charge in [0.1, 0.15) is 0 Å². The maximum Gasteiger partial charge on any atom is 0.305 e. The molecule has 1 aliphatic rings. The average Bonchev–Trinajstić information content (AvgIpc) is 1.86. The molecule has 1 amide bonds. The second kappa shape index (κ2) is 2.90. The molecule has 0 aromatic carbocycles. The zero-order valence-electron chi connectivity index (χ0n) is 6.33. The van der Waals surface area contributed by atoms with Gasteiger partial charge >= 0.3 is 5.97 Å². The van der Waals surface area contributed by atoms with Gasteiger partial charge in [-0.15, -0.1) is 0 Å². The van der Waals surface area contributed by atoms with Crippen molar-refractivity contribution in [2.45, 2.75) is 25.8 Å². The number of carboxylic acid groups (broad SMARTS) is 1. The number of rotatable bonds is 3. The summed E-state index contributed by atoms with van der Waals surface area (Å²) in [6, 6.07) is -0.134. The Kier molecular flexibility index (Phi) is 2.12. The van der Waals surface area contributed by atoms with E-state index in [9.17, 15) is 9.59 Å². The largest absolute Gasteiger partial charge is 0.481 e. The van der Waals surface area contributed by atoms with Crippen LogP contribution in [0.3, 0.4) is 0 Å². The van der Waals surface area contributed by atoms with Crippen molar-refractivity contribution < 1.29 is 14.7 Å². The Balaban J connectivity index is 2.38. The molecule has 1 saturated heterocycles. The number of carbonyl (C=O) groups excluding carboxylic acids is 1. The third-order valence-corrected chi connectivity index (χ3v) is 1.98. The van der Waals surface area contributed by atoms with Crippen LogP contribution in [0.1, 0.15) is 19.8 Å². The minimum absolute atomic E-state index is 0.0150. The molecule has 2 unspecified atom stereocenters. The molecule has 0 aliphatic carbocycles. The molecule has 0 aromatic heterocycles. The quantitative estimate of drug-likeness (QED) is 0.566. The minimum atomic E-state index is -0.853. The standard InChI is InChI=1S/C7H11NO3/c1-2-4-5(3-6(9)10)8-7(4)11/h4-5H,2-3H2,1H3,(H,8,11)(H,9,10). The Morgan fingerprint density at radius 3 is 2.73 bits per heavy atom. The number of amides is 1. The fraction of sp³-hybridized carbons (Fsp3) is 0.714. The predicted octanol–water partition coefficient (Wildman–Crippen LogP) is -0.0143. The Bertz CT molecular complexity index is 190. The summed E-state index contributed by atoms with van der Waals surface area (Å²) < 4.78 is 0. The fourth-order valence-corrected chi connectivity index (χ4v) is 1.33. The first-order chi connectivity index (χ1) is 5.15. The molecule has 0 aromatic rings. The predicted molar refractivity (Wildman–Crippen MR) is 38.0 cm³/mol. The lowest BCUT2D eigenvalue weighted by molar-refractivity contribution is -0.142. The topological polar surface area (TPSA) is 66.4 Å². The molecule has 1 rings (SSSR count). The highest BCUT2D eigenvalue weighted by atomic mass is 16.4. The van der Waals surface area contributed by atoms with Crippen LogP contribution in [-0.2, 0) is 9.59 Å². The lowest BCUT2D eigenvalue weighted by Gasteiger charge is -2.35. The zero-order chi connectivity index (χ0) is 8.43. The normalized spacial score (nSPS) is 29.0. The van der Waals surface area contributed by atoms with Crippen molar-refractivity contribution in [1.29, 1.82) is 0 Å². The number of β-lactam (4-membered cyclic amide) rings is 1. The molecule has 4 nitrogen and oxygen atoms in total. The molecule has 0 bridgehead atoms. The molecule has 2 atom stereocenters. The van der Waals surface area contributed by atoms with Crippen LogP contribution < -0.4 is 5.32 Å². The summed E-state index contributed by atoms with van der Waals surface area (Å²) in [5, 5.41) is 11.0. The molecule has 62 valence electrons. The van der Waals surface area contributed by atoms with Crippen LogP contribution in [0.5, 0.6) is 0 Å². The summed E-state index contributed by atoms with van der Waals surface area (Å²) in [6.07, 6.45) is 0.772. The van der Waals surface area contributed by atoms with Gasteiger partial charge in [-0.2, -0.15) is 0 Å². The van der Waals surface area contributed by atoms with Crippen molar-refractivity contribution >= 4 is 11.9 Å². The van der Waals surface area contributed by atoms with E-state index in [1.54, 1.807) is 0 Å². The molecule has 11 heavy (non-hydrogen) atoms. The van der Waals surface area contributed by atoms with Gasteiger partial charge in [-0.25, -0.2) is 0 Å². The third kappa shape index (κ3) is 1.50. The summed E-state index contributed by atoms with van der Waals surface area (Å²) in [5.74, 6) is -0.946. The van der Waals surface area contributed by atoms with Gasteiger partial charge in [-0.3, -0.25) is 9.59 Å². The van der Waals surface area contributed by atoms with Gasteiger partial charge in [-0.05, 0) is 6.42 Å². The molecule has 2 N–H and O–H groups in total. The van der Waals surface area contributed by atoms with Crippen LogP contribution in [0.2, 0.25) is 0 Å². The highest BCUT2D eigenvalue weighted by Gasteiger charge is 2.38. The molecule has 0 radical (unpaired) electrons. The third-order valence-electron chi connectivity index (χ3n) is 1.98. The van der Waals surface area contributed by atoms with Crippen molar-refractivity contribution in [3.8, 4) is 0 Å². The van der Waals surface area contributed by atoms with Crippen LogP contribution >= 0.6 is 0 Å². The van der Waals surface area contributed by atoms with Gasteiger partial charge in [0.2, 0.25) is 5.91 Å². The first-order valence-corrected chi connectivity index (χ1v) is 3.67. The van der Waals surface area contributed by atoms with Crippen LogP contribution in [0.15, 0.2) is 0 Å². The van der Waals surface area contributed by atoms with Crippen molar-refractivity contribution in [3.05, 3.63) is 0 Å². The lowest BCUT2D eigenvalue weighted by atomic mass is 9.86. The first-order valence-electron chi connectivity index (χ1n) is 3.67. The van der Waals surface area contributed by atoms with Gasteiger partial charge in [0.15, 0.2) is 0 Å². The summed E-state index contributed by atoms with van der Waals surface area (Å²) in [5.41, 5.74) is 0. The second-order valence-corrected chi connectivity index (χ2v) is 2.73. The van der Waals surface area contributed by atoms with Gasteiger partial charge in [0, 0.05) is 0 Å². The molecule has 1 aliphatic heterocycles. The zero-order valence-corrected chi connectivity index (χ0v) is 6.33. The van der Waals surface area contributed by atoms with Gasteiger partial charge in [0.05, 0.1) is 18.4 Å². The highest BCUT2D eigenvalue weighted by Crippen LogP contribution is 2.20. The van der Waals surface area contributed by atoms with Crippen molar-refractivity contribution in [2.24, 2.45) is 5.92 Å². The monoisotopic (exact) mass is 157 g/mol. The lowest BCUT2D eigenvalue weighted by Crippen LogP contribution is -2.58. The smallest absolute Gasteiger partial charge is 0.305 e. The van der Waals surface area contributed by atoms with E-state index in [4.69, 9.17) is 5.11 Å². The van der Waals surface area contributed by atoms with E-state index in [0.717, 1.165) is 6.42 Å². The van der Waals surface area contributed by atoms with Crippen LogP contribution in [0.25, 0.3) is 0 Å². The van der Waals surface area contributed by atoms with Gasteiger partial charge < -0.3 is 10.4 Å². The SMILES string of the molecule is CCC1C(=O)NC1CC(=O)O. The Morgan fingerprint density at radius 2 is 2.36 bits per heavy atom. The molecule has 4 heteroatoms.